The molecule has 0 fully saturated rings. The molecule has 1 aromatic heterocycles. The molecule has 1 aromatic rings. The SMILES string of the molecule is CN(CCC(F)(F)F)c1nc(Cl)cs1. The van der Waals surface area contributed by atoms with Crippen molar-refractivity contribution in [2.24, 2.45) is 0 Å². The van der Waals surface area contributed by atoms with Crippen molar-refractivity contribution in [2.45, 2.75) is 12.6 Å². The van der Waals surface area contributed by atoms with Gasteiger partial charge in [-0.05, 0) is 0 Å². The number of hydrogen-bond donors (Lipinski definition) is 0. The van der Waals surface area contributed by atoms with Crippen molar-refractivity contribution in [3.05, 3.63) is 10.5 Å². The van der Waals surface area contributed by atoms with Crippen molar-refractivity contribution < 1.29 is 13.2 Å². The second-order valence-corrected chi connectivity index (χ2v) is 3.96. The average molecular weight is 245 g/mol. The van der Waals surface area contributed by atoms with Gasteiger partial charge in [-0.1, -0.05) is 11.6 Å². The van der Waals surface area contributed by atoms with Gasteiger partial charge in [0.1, 0.15) is 5.15 Å². The minimum atomic E-state index is -4.13. The van der Waals surface area contributed by atoms with Gasteiger partial charge in [0, 0.05) is 19.0 Å². The third-order valence-corrected chi connectivity index (χ3v) is 2.80. The van der Waals surface area contributed by atoms with Crippen LogP contribution in [0.3, 0.4) is 0 Å². The zero-order chi connectivity index (χ0) is 10.8. The van der Waals surface area contributed by atoms with Crippen LogP contribution in [0.5, 0.6) is 0 Å². The molecule has 7 heteroatoms. The number of rotatable bonds is 3. The minimum Gasteiger partial charge on any atom is -0.351 e. The number of anilines is 1. The van der Waals surface area contributed by atoms with E-state index in [9.17, 15) is 13.2 Å². The molecule has 0 spiro atoms. The van der Waals surface area contributed by atoms with Gasteiger partial charge in [-0.25, -0.2) is 4.98 Å². The van der Waals surface area contributed by atoms with E-state index < -0.39 is 12.6 Å². The lowest BCUT2D eigenvalue weighted by molar-refractivity contribution is -0.132. The number of alkyl halides is 3. The molecule has 2 nitrogen and oxygen atoms in total. The summed E-state index contributed by atoms with van der Waals surface area (Å²) in [4.78, 5) is 5.29. The summed E-state index contributed by atoms with van der Waals surface area (Å²) in [6.07, 6.45) is -4.98. The lowest BCUT2D eigenvalue weighted by Gasteiger charge is -2.16. The summed E-state index contributed by atoms with van der Waals surface area (Å²) in [5.41, 5.74) is 0. The molecular formula is C7H8ClF3N2S. The molecule has 0 unspecified atom stereocenters. The van der Waals surface area contributed by atoms with Crippen LogP contribution in [0.25, 0.3) is 0 Å². The lowest BCUT2D eigenvalue weighted by atomic mass is 10.4. The number of hydrogen-bond acceptors (Lipinski definition) is 3. The van der Waals surface area contributed by atoms with Crippen LogP contribution < -0.4 is 4.90 Å². The van der Waals surface area contributed by atoms with Gasteiger partial charge in [0.25, 0.3) is 0 Å². The summed E-state index contributed by atoms with van der Waals surface area (Å²) in [6.45, 7) is -0.104. The maximum atomic E-state index is 11.9. The molecule has 0 bridgehead atoms. The highest BCUT2D eigenvalue weighted by molar-refractivity contribution is 7.14. The second kappa shape index (κ2) is 4.35. The predicted molar refractivity (Wildman–Crippen MR) is 51.1 cm³/mol. The third-order valence-electron chi connectivity index (χ3n) is 1.52. The molecule has 0 atom stereocenters. The van der Waals surface area contributed by atoms with Crippen LogP contribution in [0.4, 0.5) is 18.3 Å². The van der Waals surface area contributed by atoms with Gasteiger partial charge < -0.3 is 4.90 Å². The van der Waals surface area contributed by atoms with Crippen molar-refractivity contribution >= 4 is 28.1 Å². The highest BCUT2D eigenvalue weighted by Gasteiger charge is 2.27. The Kier molecular flexibility index (Phi) is 3.60. The van der Waals surface area contributed by atoms with Gasteiger partial charge in [-0.15, -0.1) is 11.3 Å². The zero-order valence-electron chi connectivity index (χ0n) is 7.31. The molecule has 1 rings (SSSR count). The Bertz CT molecular complexity index is 299. The van der Waals surface area contributed by atoms with Crippen LogP contribution in [-0.4, -0.2) is 24.8 Å². The van der Waals surface area contributed by atoms with E-state index in [4.69, 9.17) is 11.6 Å². The first kappa shape index (κ1) is 11.6. The van der Waals surface area contributed by atoms with Crippen molar-refractivity contribution in [3.63, 3.8) is 0 Å². The van der Waals surface area contributed by atoms with Gasteiger partial charge in [-0.3, -0.25) is 0 Å². The first-order chi connectivity index (χ1) is 6.38. The summed E-state index contributed by atoms with van der Waals surface area (Å²) in [5, 5.41) is 2.39. The first-order valence-corrected chi connectivity index (χ1v) is 5.03. The second-order valence-electron chi connectivity index (χ2n) is 2.74. The molecule has 0 saturated carbocycles. The molecule has 0 amide bonds. The Balaban J connectivity index is 2.47. The Morgan fingerprint density at radius 3 is 2.64 bits per heavy atom. The molecule has 0 radical (unpaired) electrons. The van der Waals surface area contributed by atoms with E-state index >= 15 is 0 Å². The number of nitrogens with zero attached hydrogens (tertiary/aromatic N) is 2. The maximum Gasteiger partial charge on any atom is 0.390 e. The van der Waals surface area contributed by atoms with E-state index in [1.54, 1.807) is 12.4 Å². The number of aromatic nitrogens is 1. The standard InChI is InChI=1S/C7H8ClF3N2S/c1-13(3-2-7(9,10)11)6-12-5(8)4-14-6/h4H,2-3H2,1H3. The Morgan fingerprint density at radius 2 is 2.21 bits per heavy atom. The van der Waals surface area contributed by atoms with Crippen molar-refractivity contribution in [2.75, 3.05) is 18.5 Å². The van der Waals surface area contributed by atoms with E-state index in [0.29, 0.717) is 10.3 Å². The van der Waals surface area contributed by atoms with Crippen LogP contribution >= 0.6 is 22.9 Å². The van der Waals surface area contributed by atoms with Crippen LogP contribution in [0, 0.1) is 0 Å². The van der Waals surface area contributed by atoms with E-state index in [-0.39, 0.29) is 6.54 Å². The topological polar surface area (TPSA) is 16.1 Å². The van der Waals surface area contributed by atoms with Crippen LogP contribution in [0.15, 0.2) is 5.38 Å². The number of thiazole rings is 1. The average Bonchev–Trinajstić information content (AvgIpc) is 2.46. The summed E-state index contributed by atoms with van der Waals surface area (Å²) < 4.78 is 35.6. The smallest absolute Gasteiger partial charge is 0.351 e. The molecule has 0 aromatic carbocycles. The molecule has 0 aliphatic rings. The van der Waals surface area contributed by atoms with E-state index in [0.717, 1.165) is 0 Å². The fraction of sp³-hybridized carbons (Fsp3) is 0.571. The predicted octanol–water partition coefficient (Wildman–Crippen LogP) is 3.19. The largest absolute Gasteiger partial charge is 0.390 e. The Morgan fingerprint density at radius 1 is 1.57 bits per heavy atom. The highest BCUT2D eigenvalue weighted by Crippen LogP contribution is 2.25. The van der Waals surface area contributed by atoms with Gasteiger partial charge in [0.05, 0.1) is 6.42 Å². The van der Waals surface area contributed by atoms with E-state index in [1.807, 2.05) is 0 Å². The quantitative estimate of drug-likeness (QED) is 0.812. The van der Waals surface area contributed by atoms with E-state index in [2.05, 4.69) is 4.98 Å². The summed E-state index contributed by atoms with van der Waals surface area (Å²) in [5.74, 6) is 0. The maximum absolute atomic E-state index is 11.9. The van der Waals surface area contributed by atoms with Gasteiger partial charge >= 0.3 is 6.18 Å². The lowest BCUT2D eigenvalue weighted by Crippen LogP contribution is -2.23. The molecule has 0 aliphatic heterocycles. The third kappa shape index (κ3) is 3.71. The molecule has 0 aliphatic carbocycles. The minimum absolute atomic E-state index is 0.104. The summed E-state index contributed by atoms with van der Waals surface area (Å²) in [7, 11) is 1.56. The first-order valence-electron chi connectivity index (χ1n) is 3.77. The molecular weight excluding hydrogens is 237 g/mol. The van der Waals surface area contributed by atoms with Crippen LogP contribution in [0.2, 0.25) is 5.15 Å². The van der Waals surface area contributed by atoms with Crippen LogP contribution in [0.1, 0.15) is 6.42 Å². The summed E-state index contributed by atoms with van der Waals surface area (Å²) >= 11 is 6.77. The molecule has 80 valence electrons. The molecule has 14 heavy (non-hydrogen) atoms. The van der Waals surface area contributed by atoms with Gasteiger partial charge in [0.2, 0.25) is 0 Å². The Hall–Kier alpha value is -0.490. The van der Waals surface area contributed by atoms with Crippen molar-refractivity contribution in [3.8, 4) is 0 Å². The van der Waals surface area contributed by atoms with Crippen molar-refractivity contribution in [1.29, 1.82) is 0 Å². The Labute approximate surface area is 88.3 Å². The van der Waals surface area contributed by atoms with Gasteiger partial charge in [0.15, 0.2) is 5.13 Å². The fourth-order valence-electron chi connectivity index (χ4n) is 0.811. The molecule has 1 heterocycles. The van der Waals surface area contributed by atoms with Crippen LogP contribution in [-0.2, 0) is 0 Å². The molecule has 0 saturated heterocycles. The normalized spacial score (nSPS) is 11.8. The fourth-order valence-corrected chi connectivity index (χ4v) is 1.75. The van der Waals surface area contributed by atoms with Crippen molar-refractivity contribution in [1.82, 2.24) is 4.98 Å². The molecule has 0 N–H and O–H groups in total. The highest BCUT2D eigenvalue weighted by atomic mass is 35.5. The zero-order valence-corrected chi connectivity index (χ0v) is 8.88. The summed E-state index contributed by atoms with van der Waals surface area (Å²) in [6, 6.07) is 0. The monoisotopic (exact) mass is 244 g/mol. The van der Waals surface area contributed by atoms with Gasteiger partial charge in [-0.2, -0.15) is 13.2 Å². The number of halogens is 4. The van der Waals surface area contributed by atoms with E-state index in [1.165, 1.54) is 16.2 Å².